The Morgan fingerprint density at radius 1 is 1.08 bits per heavy atom. The maximum Gasteiger partial charge on any atom is 0.307 e. The van der Waals surface area contributed by atoms with Crippen LogP contribution in [0.5, 0.6) is 11.5 Å². The summed E-state index contributed by atoms with van der Waals surface area (Å²) >= 11 is 0. The first-order valence-corrected chi connectivity index (χ1v) is 8.55. The molecule has 0 bridgehead atoms. The second-order valence-corrected chi connectivity index (χ2v) is 6.53. The zero-order valence-electron chi connectivity index (χ0n) is 14.8. The molecule has 1 aromatic rings. The fourth-order valence-electron chi connectivity index (χ4n) is 3.23. The second kappa shape index (κ2) is 7.23. The highest BCUT2D eigenvalue weighted by Gasteiger charge is 2.48. The number of rotatable bonds is 6. The van der Waals surface area contributed by atoms with E-state index in [1.165, 1.54) is 20.3 Å². The van der Waals surface area contributed by atoms with Gasteiger partial charge in [0, 0.05) is 19.2 Å². The molecule has 0 radical (unpaired) electrons. The van der Waals surface area contributed by atoms with E-state index in [9.17, 15) is 14.4 Å². The smallest absolute Gasteiger partial charge is 0.307 e. The summed E-state index contributed by atoms with van der Waals surface area (Å²) in [6.45, 7) is 1.34. The maximum absolute atomic E-state index is 12.9. The Morgan fingerprint density at radius 3 is 2.23 bits per heavy atom. The number of amides is 2. The fourth-order valence-corrected chi connectivity index (χ4v) is 3.23. The van der Waals surface area contributed by atoms with Gasteiger partial charge in [0.15, 0.2) is 11.5 Å². The molecule has 2 fully saturated rings. The third-order valence-corrected chi connectivity index (χ3v) is 4.85. The van der Waals surface area contributed by atoms with Gasteiger partial charge in [-0.1, -0.05) is 0 Å². The molecule has 1 aliphatic carbocycles. The van der Waals surface area contributed by atoms with Gasteiger partial charge >= 0.3 is 5.97 Å². The topological polar surface area (TPSA) is 105 Å². The van der Waals surface area contributed by atoms with Crippen LogP contribution < -0.4 is 14.8 Å². The van der Waals surface area contributed by atoms with Gasteiger partial charge in [-0.05, 0) is 25.3 Å². The van der Waals surface area contributed by atoms with E-state index in [1.54, 1.807) is 11.0 Å². The summed E-state index contributed by atoms with van der Waals surface area (Å²) in [6.07, 6.45) is 2.20. The lowest BCUT2D eigenvalue weighted by molar-refractivity contribution is -0.139. The third kappa shape index (κ3) is 3.44. The van der Waals surface area contributed by atoms with E-state index in [0.717, 1.165) is 12.8 Å². The Balaban J connectivity index is 1.89. The summed E-state index contributed by atoms with van der Waals surface area (Å²) in [5, 5.41) is 11.7. The van der Waals surface area contributed by atoms with E-state index in [0.29, 0.717) is 42.3 Å². The number of aliphatic carboxylic acids is 1. The Bertz CT molecular complexity index is 741. The predicted molar refractivity (Wildman–Crippen MR) is 92.5 cm³/mol. The second-order valence-electron chi connectivity index (χ2n) is 6.53. The summed E-state index contributed by atoms with van der Waals surface area (Å²) in [7, 11) is 2.94. The highest BCUT2D eigenvalue weighted by atomic mass is 16.5. The van der Waals surface area contributed by atoms with Gasteiger partial charge in [0.05, 0.1) is 37.3 Å². The van der Waals surface area contributed by atoms with Crippen LogP contribution >= 0.6 is 0 Å². The number of nitrogens with zero attached hydrogens (tertiary/aromatic N) is 1. The Morgan fingerprint density at radius 2 is 1.69 bits per heavy atom. The molecule has 140 valence electrons. The third-order valence-electron chi connectivity index (χ3n) is 4.85. The summed E-state index contributed by atoms with van der Waals surface area (Å²) < 4.78 is 10.5. The van der Waals surface area contributed by atoms with Crippen LogP contribution in [0.1, 0.15) is 29.6 Å². The van der Waals surface area contributed by atoms with Gasteiger partial charge in [0.1, 0.15) is 0 Å². The van der Waals surface area contributed by atoms with Crippen molar-refractivity contribution in [3.8, 4) is 11.5 Å². The molecule has 2 aliphatic rings. The number of methoxy groups -OCH3 is 2. The highest BCUT2D eigenvalue weighted by Crippen LogP contribution is 2.41. The molecule has 8 nitrogen and oxygen atoms in total. The molecule has 3 rings (SSSR count). The zero-order valence-corrected chi connectivity index (χ0v) is 14.8. The van der Waals surface area contributed by atoms with Gasteiger partial charge in [-0.3, -0.25) is 14.4 Å². The van der Waals surface area contributed by atoms with Crippen molar-refractivity contribution < 1.29 is 29.0 Å². The molecule has 2 unspecified atom stereocenters. The molecule has 1 saturated heterocycles. The van der Waals surface area contributed by atoms with Gasteiger partial charge in [-0.25, -0.2) is 0 Å². The number of hydrogen-bond donors (Lipinski definition) is 2. The van der Waals surface area contributed by atoms with Crippen molar-refractivity contribution in [3.63, 3.8) is 0 Å². The van der Waals surface area contributed by atoms with Gasteiger partial charge in [-0.15, -0.1) is 0 Å². The van der Waals surface area contributed by atoms with Crippen LogP contribution in [0.2, 0.25) is 0 Å². The molecule has 0 spiro atoms. The van der Waals surface area contributed by atoms with Crippen molar-refractivity contribution in [2.24, 2.45) is 11.8 Å². The monoisotopic (exact) mass is 362 g/mol. The van der Waals surface area contributed by atoms with Gasteiger partial charge in [-0.2, -0.15) is 0 Å². The zero-order chi connectivity index (χ0) is 18.8. The van der Waals surface area contributed by atoms with E-state index < -0.39 is 23.7 Å². The first-order valence-electron chi connectivity index (χ1n) is 8.55. The van der Waals surface area contributed by atoms with Crippen LogP contribution in [0.4, 0.5) is 5.69 Å². The van der Waals surface area contributed by atoms with Gasteiger partial charge in [0.2, 0.25) is 5.91 Å². The fraction of sp³-hybridized carbons (Fsp3) is 0.500. The molecule has 2 atom stereocenters. The van der Waals surface area contributed by atoms with Crippen molar-refractivity contribution >= 4 is 23.5 Å². The van der Waals surface area contributed by atoms with Crippen LogP contribution in [0.3, 0.4) is 0 Å². The number of carboxylic acid groups (broad SMARTS) is 1. The lowest BCUT2D eigenvalue weighted by Crippen LogP contribution is -2.29. The number of hydrogen-bond acceptors (Lipinski definition) is 5. The predicted octanol–water partition coefficient (Wildman–Crippen LogP) is 1.60. The molecule has 1 aromatic carbocycles. The first kappa shape index (κ1) is 18.0. The number of ether oxygens (including phenoxy) is 2. The average molecular weight is 362 g/mol. The van der Waals surface area contributed by atoms with Crippen LogP contribution in [0.25, 0.3) is 0 Å². The average Bonchev–Trinajstić information content (AvgIpc) is 3.27. The summed E-state index contributed by atoms with van der Waals surface area (Å²) in [5.41, 5.74) is 0.617. The first-order chi connectivity index (χ1) is 12.5. The van der Waals surface area contributed by atoms with Crippen LogP contribution in [0, 0.1) is 11.8 Å². The Kier molecular flexibility index (Phi) is 5.01. The number of benzene rings is 1. The molecule has 8 heteroatoms. The van der Waals surface area contributed by atoms with E-state index in [-0.39, 0.29) is 5.91 Å². The van der Waals surface area contributed by atoms with E-state index in [2.05, 4.69) is 5.32 Å². The molecule has 1 heterocycles. The van der Waals surface area contributed by atoms with Crippen LogP contribution in [-0.4, -0.2) is 55.1 Å². The minimum Gasteiger partial charge on any atom is -0.493 e. The number of carboxylic acids is 1. The normalized spacial score (nSPS) is 21.2. The summed E-state index contributed by atoms with van der Waals surface area (Å²) in [4.78, 5) is 37.9. The molecular formula is C18H22N2O6. The van der Waals surface area contributed by atoms with Crippen molar-refractivity contribution in [2.45, 2.75) is 19.3 Å². The van der Waals surface area contributed by atoms with Gasteiger partial charge < -0.3 is 24.8 Å². The molecule has 1 saturated carbocycles. The van der Waals surface area contributed by atoms with E-state index in [4.69, 9.17) is 14.6 Å². The van der Waals surface area contributed by atoms with Crippen molar-refractivity contribution in [1.82, 2.24) is 4.90 Å². The van der Waals surface area contributed by atoms with Gasteiger partial charge in [0.25, 0.3) is 5.91 Å². The summed E-state index contributed by atoms with van der Waals surface area (Å²) in [5.74, 6) is -2.03. The minimum atomic E-state index is -0.981. The van der Waals surface area contributed by atoms with Crippen molar-refractivity contribution in [2.75, 3.05) is 32.6 Å². The number of carbonyl (C=O) groups is 3. The minimum absolute atomic E-state index is 0.190. The Labute approximate surface area is 151 Å². The van der Waals surface area contributed by atoms with Crippen LogP contribution in [0.15, 0.2) is 12.1 Å². The van der Waals surface area contributed by atoms with E-state index in [1.807, 2.05) is 0 Å². The summed E-state index contributed by atoms with van der Waals surface area (Å²) in [6, 6.07) is 3.09. The molecule has 2 N–H and O–H groups in total. The van der Waals surface area contributed by atoms with E-state index >= 15 is 0 Å². The van der Waals surface area contributed by atoms with Crippen LogP contribution in [-0.2, 0) is 9.59 Å². The molecule has 2 amide bonds. The lowest BCUT2D eigenvalue weighted by atomic mass is 10.1. The lowest BCUT2D eigenvalue weighted by Gasteiger charge is -2.20. The molecule has 0 aromatic heterocycles. The number of nitrogens with one attached hydrogen (secondary N) is 1. The molecule has 26 heavy (non-hydrogen) atoms. The quantitative estimate of drug-likeness (QED) is 0.796. The SMILES string of the molecule is COc1cc(NC(=O)C2CC2C(=O)O)c(C(=O)N2CCCC2)cc1OC. The van der Waals surface area contributed by atoms with Crippen molar-refractivity contribution in [3.05, 3.63) is 17.7 Å². The number of anilines is 1. The molecular weight excluding hydrogens is 340 g/mol. The van der Waals surface area contributed by atoms with Crippen molar-refractivity contribution in [1.29, 1.82) is 0 Å². The maximum atomic E-state index is 12.9. The molecule has 1 aliphatic heterocycles. The Hall–Kier alpha value is -2.77. The largest absolute Gasteiger partial charge is 0.493 e. The highest BCUT2D eigenvalue weighted by molar-refractivity contribution is 6.06. The number of carbonyl (C=O) groups excluding carboxylic acids is 2. The number of likely N-dealkylation sites (tertiary alicyclic amines) is 1. The standard InChI is InChI=1S/C18H22N2O6/c1-25-14-8-12(17(22)20-5-3-4-6-20)13(9-15(14)26-2)19-16(21)10-7-11(10)18(23)24/h8-11H,3-7H2,1-2H3,(H,19,21)(H,23,24).